The zero-order valence-electron chi connectivity index (χ0n) is 28.4. The quantitative estimate of drug-likeness (QED) is 0.201. The highest BCUT2D eigenvalue weighted by atomic mass is 16.5. The van der Waals surface area contributed by atoms with E-state index in [9.17, 15) is 10.5 Å². The molecule has 0 aliphatic carbocycles. The number of benzene rings is 7. The third-order valence-electron chi connectivity index (χ3n) is 10.7. The summed E-state index contributed by atoms with van der Waals surface area (Å²) in [7, 11) is 0. The summed E-state index contributed by atoms with van der Waals surface area (Å²) in [5.41, 5.74) is 11.4. The summed E-state index contributed by atoms with van der Waals surface area (Å²) in [6.45, 7) is 0. The van der Waals surface area contributed by atoms with Crippen LogP contribution < -0.4 is 15.0 Å². The Kier molecular flexibility index (Phi) is 6.80. The fraction of sp³-hybridized carbons (Fsp3) is 0.0426. The minimum absolute atomic E-state index is 0.331. The van der Waals surface area contributed by atoms with Crippen LogP contribution in [0.4, 0.5) is 22.7 Å². The molecule has 0 saturated carbocycles. The van der Waals surface area contributed by atoms with Gasteiger partial charge in [0.1, 0.15) is 35.5 Å². The lowest BCUT2D eigenvalue weighted by atomic mass is 9.61. The molecule has 1 N–H and O–H groups in total. The fourth-order valence-electron chi connectivity index (χ4n) is 8.40. The lowest BCUT2D eigenvalue weighted by Crippen LogP contribution is -2.39. The van der Waals surface area contributed by atoms with Crippen molar-refractivity contribution in [2.24, 2.45) is 4.99 Å². The molecule has 3 aliphatic rings. The molecule has 1 atom stereocenters. The van der Waals surface area contributed by atoms with Gasteiger partial charge in [-0.15, -0.1) is 0 Å². The first-order chi connectivity index (χ1) is 26.2. The fourth-order valence-corrected chi connectivity index (χ4v) is 8.40. The van der Waals surface area contributed by atoms with Gasteiger partial charge in [0, 0.05) is 33.6 Å². The summed E-state index contributed by atoms with van der Waals surface area (Å²) in [4.78, 5) is 7.55. The highest BCUT2D eigenvalue weighted by molar-refractivity contribution is 6.10. The molecule has 6 nitrogen and oxygen atoms in total. The maximum absolute atomic E-state index is 9.91. The zero-order valence-corrected chi connectivity index (χ0v) is 28.4. The van der Waals surface area contributed by atoms with Crippen molar-refractivity contribution in [2.45, 2.75) is 11.5 Å². The second-order valence-corrected chi connectivity index (χ2v) is 13.4. The molecule has 6 heteroatoms. The van der Waals surface area contributed by atoms with Gasteiger partial charge in [0.25, 0.3) is 0 Å². The van der Waals surface area contributed by atoms with Crippen molar-refractivity contribution in [2.75, 3.05) is 10.2 Å². The molecule has 248 valence electrons. The van der Waals surface area contributed by atoms with Gasteiger partial charge >= 0.3 is 0 Å². The van der Waals surface area contributed by atoms with Crippen LogP contribution >= 0.6 is 0 Å². The Bertz CT molecular complexity index is 2630. The summed E-state index contributed by atoms with van der Waals surface area (Å²) in [6, 6.07) is 60.2. The average molecular weight is 680 g/mol. The van der Waals surface area contributed by atoms with E-state index in [4.69, 9.17) is 9.73 Å². The van der Waals surface area contributed by atoms with E-state index < -0.39 is 11.5 Å². The Morgan fingerprint density at radius 3 is 1.72 bits per heavy atom. The van der Waals surface area contributed by atoms with Gasteiger partial charge < -0.3 is 15.0 Å². The lowest BCUT2D eigenvalue weighted by Gasteiger charge is -2.48. The number of fused-ring (bicyclic) bond motifs is 9. The third-order valence-corrected chi connectivity index (χ3v) is 10.7. The second kappa shape index (κ2) is 11.8. The SMILES string of the molecule is N#Cc1cc2c(cc1C#N)C(c1ccc(N3c4ccccc4C4(c5ccccc5Oc5ccccc54)c4ccccc43)cc1)N=C(c1ccccc1)N2. The van der Waals surface area contributed by atoms with E-state index >= 15 is 0 Å². The predicted octanol–water partition coefficient (Wildman–Crippen LogP) is 10.7. The molecule has 7 aromatic carbocycles. The predicted molar refractivity (Wildman–Crippen MR) is 207 cm³/mol. The van der Waals surface area contributed by atoms with Crippen LogP contribution in [0.2, 0.25) is 0 Å². The van der Waals surface area contributed by atoms with E-state index in [2.05, 4.69) is 132 Å². The maximum Gasteiger partial charge on any atom is 0.133 e. The van der Waals surface area contributed by atoms with Crippen LogP contribution in [-0.2, 0) is 5.41 Å². The Balaban J connectivity index is 1.14. The van der Waals surface area contributed by atoms with E-state index in [1.165, 1.54) is 11.1 Å². The number of para-hydroxylation sites is 4. The van der Waals surface area contributed by atoms with Crippen LogP contribution in [-0.4, -0.2) is 5.84 Å². The van der Waals surface area contributed by atoms with Gasteiger partial charge in [-0.2, -0.15) is 10.5 Å². The van der Waals surface area contributed by atoms with E-state index in [0.717, 1.165) is 62.1 Å². The summed E-state index contributed by atoms with van der Waals surface area (Å²) < 4.78 is 6.54. The first-order valence-corrected chi connectivity index (χ1v) is 17.5. The van der Waals surface area contributed by atoms with Crippen LogP contribution in [0.15, 0.2) is 169 Å². The summed E-state index contributed by atoms with van der Waals surface area (Å²) >= 11 is 0. The normalized spacial score (nSPS) is 15.5. The number of hydrogen-bond donors (Lipinski definition) is 1. The Labute approximate surface area is 307 Å². The van der Waals surface area contributed by atoms with Gasteiger partial charge in [0.2, 0.25) is 0 Å². The number of anilines is 4. The van der Waals surface area contributed by atoms with Crippen LogP contribution in [0.1, 0.15) is 56.1 Å². The number of nitriles is 2. The highest BCUT2D eigenvalue weighted by Gasteiger charge is 2.51. The molecule has 3 aliphatic heterocycles. The number of hydrogen-bond acceptors (Lipinski definition) is 6. The van der Waals surface area contributed by atoms with Crippen molar-refractivity contribution in [3.05, 3.63) is 214 Å². The van der Waals surface area contributed by atoms with E-state index in [-0.39, 0.29) is 0 Å². The molecule has 53 heavy (non-hydrogen) atoms. The molecule has 0 saturated heterocycles. The van der Waals surface area contributed by atoms with Crippen molar-refractivity contribution < 1.29 is 4.74 Å². The molecule has 1 unspecified atom stereocenters. The first kappa shape index (κ1) is 30.4. The Morgan fingerprint density at radius 1 is 0.585 bits per heavy atom. The van der Waals surface area contributed by atoms with Crippen molar-refractivity contribution in [1.29, 1.82) is 10.5 Å². The standard InChI is InChI=1S/C47H29N5O/c48-28-32-26-35-40(27-33(32)29-49)50-46(31-12-2-1-3-13-31)51-45(35)30-22-24-34(25-23-30)52-41-18-8-4-14-36(41)47(37-15-5-9-19-42(37)52)38-16-6-10-20-43(38)53-44-21-11-7-17-39(44)47/h1-27,45H,(H,50,51). The molecule has 0 amide bonds. The van der Waals surface area contributed by atoms with Gasteiger partial charge in [-0.3, -0.25) is 4.99 Å². The van der Waals surface area contributed by atoms with Crippen LogP contribution in [0.3, 0.4) is 0 Å². The molecule has 10 rings (SSSR count). The maximum atomic E-state index is 9.91. The topological polar surface area (TPSA) is 84.4 Å². The number of amidine groups is 1. The number of ether oxygens (including phenoxy) is 1. The minimum atomic E-state index is -0.600. The van der Waals surface area contributed by atoms with Gasteiger partial charge in [-0.05, 0) is 65.2 Å². The molecule has 0 aromatic heterocycles. The molecule has 3 heterocycles. The first-order valence-electron chi connectivity index (χ1n) is 17.5. The monoisotopic (exact) mass is 679 g/mol. The summed E-state index contributed by atoms with van der Waals surface area (Å²) in [5, 5.41) is 23.2. The van der Waals surface area contributed by atoms with Gasteiger partial charge in [0.05, 0.1) is 27.9 Å². The molecular formula is C47H29N5O. The summed E-state index contributed by atoms with van der Waals surface area (Å²) in [6.07, 6.45) is 0. The second-order valence-electron chi connectivity index (χ2n) is 13.4. The molecule has 0 fully saturated rings. The molecular weight excluding hydrogens is 651 g/mol. The van der Waals surface area contributed by atoms with Gasteiger partial charge in [-0.25, -0.2) is 0 Å². The van der Waals surface area contributed by atoms with Gasteiger partial charge in [-0.1, -0.05) is 115 Å². The van der Waals surface area contributed by atoms with Crippen molar-refractivity contribution in [3.63, 3.8) is 0 Å². The highest BCUT2D eigenvalue weighted by Crippen LogP contribution is 2.62. The largest absolute Gasteiger partial charge is 0.457 e. The lowest BCUT2D eigenvalue weighted by molar-refractivity contribution is 0.434. The smallest absolute Gasteiger partial charge is 0.133 e. The molecule has 1 spiro atoms. The zero-order chi connectivity index (χ0) is 35.5. The van der Waals surface area contributed by atoms with Crippen LogP contribution in [0.5, 0.6) is 11.5 Å². The van der Waals surface area contributed by atoms with E-state index in [1.807, 2.05) is 42.5 Å². The minimum Gasteiger partial charge on any atom is -0.457 e. The average Bonchev–Trinajstić information content (AvgIpc) is 3.23. The van der Waals surface area contributed by atoms with Crippen molar-refractivity contribution in [1.82, 2.24) is 0 Å². The van der Waals surface area contributed by atoms with Crippen LogP contribution in [0.25, 0.3) is 0 Å². The third kappa shape index (κ3) is 4.47. The van der Waals surface area contributed by atoms with E-state index in [0.29, 0.717) is 17.0 Å². The Morgan fingerprint density at radius 2 is 1.11 bits per heavy atom. The van der Waals surface area contributed by atoms with Gasteiger partial charge in [0.15, 0.2) is 0 Å². The number of nitrogens with zero attached hydrogens (tertiary/aromatic N) is 4. The van der Waals surface area contributed by atoms with Crippen molar-refractivity contribution in [3.8, 4) is 23.6 Å². The van der Waals surface area contributed by atoms with Crippen LogP contribution in [0, 0.1) is 22.7 Å². The number of aliphatic imine (C=N–C) groups is 1. The number of nitrogens with one attached hydrogen (secondary N) is 1. The number of rotatable bonds is 3. The van der Waals surface area contributed by atoms with E-state index in [1.54, 1.807) is 12.1 Å². The summed E-state index contributed by atoms with van der Waals surface area (Å²) in [5.74, 6) is 2.42. The Hall–Kier alpha value is -7.41. The molecule has 0 radical (unpaired) electrons. The molecule has 0 bridgehead atoms. The van der Waals surface area contributed by atoms with Crippen molar-refractivity contribution >= 4 is 28.6 Å². The molecule has 7 aromatic rings.